The maximum absolute atomic E-state index is 11.8. The molecule has 0 saturated carbocycles. The zero-order valence-corrected chi connectivity index (χ0v) is 10.3. The van der Waals surface area contributed by atoms with Crippen LogP contribution in [0, 0.1) is 5.92 Å². The maximum atomic E-state index is 11.8. The molecule has 3 N–H and O–H groups in total. The van der Waals surface area contributed by atoms with Gasteiger partial charge in [0, 0.05) is 0 Å². The molecule has 1 aromatic rings. The molecule has 0 spiro atoms. The summed E-state index contributed by atoms with van der Waals surface area (Å²) < 4.78 is 26.1. The number of sulfonamides is 1. The fourth-order valence-corrected chi connectivity index (χ4v) is 3.31. The van der Waals surface area contributed by atoms with E-state index >= 15 is 0 Å². The van der Waals surface area contributed by atoms with Crippen molar-refractivity contribution in [2.75, 3.05) is 18.8 Å². The van der Waals surface area contributed by atoms with Crippen molar-refractivity contribution in [1.29, 1.82) is 0 Å². The fourth-order valence-electron chi connectivity index (χ4n) is 1.93. The summed E-state index contributed by atoms with van der Waals surface area (Å²) in [7, 11) is -3.24. The molecule has 1 unspecified atom stereocenters. The van der Waals surface area contributed by atoms with Crippen molar-refractivity contribution in [2.24, 2.45) is 5.92 Å². The van der Waals surface area contributed by atoms with Crippen LogP contribution in [0.5, 0.6) is 0 Å². The van der Waals surface area contributed by atoms with E-state index in [4.69, 9.17) is 0 Å². The van der Waals surface area contributed by atoms with Crippen LogP contribution in [0.3, 0.4) is 0 Å². The van der Waals surface area contributed by atoms with E-state index in [1.165, 1.54) is 6.33 Å². The van der Waals surface area contributed by atoms with Gasteiger partial charge in [0.2, 0.25) is 10.0 Å². The number of nitrogens with zero attached hydrogens (tertiary/aromatic N) is 2. The second-order valence-electron chi connectivity index (χ2n) is 4.25. The van der Waals surface area contributed by atoms with Gasteiger partial charge in [0.1, 0.15) is 12.2 Å². The fraction of sp³-hybridized carbons (Fsp3) is 0.778. The molecule has 0 bridgehead atoms. The molecule has 0 amide bonds. The third kappa shape index (κ3) is 4.06. The van der Waals surface area contributed by atoms with Gasteiger partial charge in [0.15, 0.2) is 0 Å². The summed E-state index contributed by atoms with van der Waals surface area (Å²) in [5.74, 6) is 0.903. The highest BCUT2D eigenvalue weighted by Crippen LogP contribution is 2.11. The van der Waals surface area contributed by atoms with E-state index < -0.39 is 10.0 Å². The third-order valence-corrected chi connectivity index (χ3v) is 4.27. The van der Waals surface area contributed by atoms with Crippen LogP contribution in [0.25, 0.3) is 0 Å². The number of rotatable bonds is 5. The summed E-state index contributed by atoms with van der Waals surface area (Å²) in [4.78, 5) is 3.86. The van der Waals surface area contributed by atoms with Gasteiger partial charge in [-0.1, -0.05) is 0 Å². The van der Waals surface area contributed by atoms with Gasteiger partial charge in [-0.05, 0) is 31.8 Å². The molecule has 1 aliphatic heterocycles. The summed E-state index contributed by atoms with van der Waals surface area (Å²) in [6.07, 6.45) is 3.37. The molecule has 96 valence electrons. The monoisotopic (exact) mass is 259 g/mol. The molecule has 2 rings (SSSR count). The van der Waals surface area contributed by atoms with Crippen LogP contribution >= 0.6 is 0 Å². The highest BCUT2D eigenvalue weighted by molar-refractivity contribution is 7.89. The number of nitrogens with one attached hydrogen (secondary N) is 3. The average molecular weight is 259 g/mol. The molecule has 7 nitrogen and oxygen atoms in total. The smallest absolute Gasteiger partial charge is 0.212 e. The molecule has 0 aromatic carbocycles. The number of piperidine rings is 1. The largest absolute Gasteiger partial charge is 0.316 e. The first kappa shape index (κ1) is 12.5. The minimum atomic E-state index is -3.24. The molecule has 0 radical (unpaired) electrons. The standard InChI is InChI=1S/C9H17N5O2S/c15-17(16,6-8-2-1-3-10-4-8)13-5-9-11-7-12-14-9/h7-8,10,13H,1-6H2,(H,11,12,14). The second kappa shape index (κ2) is 5.56. The van der Waals surface area contributed by atoms with Crippen molar-refractivity contribution < 1.29 is 8.42 Å². The number of H-pyrrole nitrogens is 1. The summed E-state index contributed by atoms with van der Waals surface area (Å²) in [6.45, 7) is 1.94. The first-order valence-electron chi connectivity index (χ1n) is 5.68. The van der Waals surface area contributed by atoms with E-state index in [0.717, 1.165) is 25.9 Å². The molecule has 1 saturated heterocycles. The lowest BCUT2D eigenvalue weighted by molar-refractivity contribution is 0.402. The second-order valence-corrected chi connectivity index (χ2v) is 6.10. The number of hydrogen-bond donors (Lipinski definition) is 3. The minimum Gasteiger partial charge on any atom is -0.316 e. The van der Waals surface area contributed by atoms with E-state index in [-0.39, 0.29) is 18.2 Å². The van der Waals surface area contributed by atoms with Gasteiger partial charge in [-0.15, -0.1) is 0 Å². The van der Waals surface area contributed by atoms with E-state index in [2.05, 4.69) is 25.2 Å². The molecule has 1 aliphatic rings. The summed E-state index contributed by atoms with van der Waals surface area (Å²) in [6, 6.07) is 0. The van der Waals surface area contributed by atoms with Crippen molar-refractivity contribution in [2.45, 2.75) is 19.4 Å². The zero-order chi connectivity index (χ0) is 12.1. The first-order valence-corrected chi connectivity index (χ1v) is 7.33. The van der Waals surface area contributed by atoms with E-state index in [1.54, 1.807) is 0 Å². The van der Waals surface area contributed by atoms with E-state index in [0.29, 0.717) is 5.82 Å². The maximum Gasteiger partial charge on any atom is 0.212 e. The molecule has 1 atom stereocenters. The Morgan fingerprint density at radius 2 is 2.41 bits per heavy atom. The Morgan fingerprint density at radius 1 is 1.53 bits per heavy atom. The van der Waals surface area contributed by atoms with Crippen molar-refractivity contribution in [3.05, 3.63) is 12.2 Å². The third-order valence-electron chi connectivity index (χ3n) is 2.78. The molecule has 0 aliphatic carbocycles. The van der Waals surface area contributed by atoms with Crippen LogP contribution in [0.4, 0.5) is 0 Å². The zero-order valence-electron chi connectivity index (χ0n) is 9.52. The van der Waals surface area contributed by atoms with Gasteiger partial charge in [-0.3, -0.25) is 5.10 Å². The Balaban J connectivity index is 1.81. The predicted octanol–water partition coefficient (Wildman–Crippen LogP) is -0.776. The molecule has 1 aromatic heterocycles. The number of hydrogen-bond acceptors (Lipinski definition) is 5. The molecule has 2 heterocycles. The quantitative estimate of drug-likeness (QED) is 0.644. The summed E-state index contributed by atoms with van der Waals surface area (Å²) >= 11 is 0. The van der Waals surface area contributed by atoms with Crippen LogP contribution in [0.2, 0.25) is 0 Å². The predicted molar refractivity (Wildman–Crippen MR) is 62.6 cm³/mol. The normalized spacial score (nSPS) is 21.5. The van der Waals surface area contributed by atoms with Gasteiger partial charge in [0.25, 0.3) is 0 Å². The van der Waals surface area contributed by atoms with Crippen LogP contribution in [-0.2, 0) is 16.6 Å². The lowest BCUT2D eigenvalue weighted by Gasteiger charge is -2.22. The van der Waals surface area contributed by atoms with Gasteiger partial charge < -0.3 is 5.32 Å². The Bertz CT molecular complexity index is 424. The molecular formula is C9H17N5O2S. The van der Waals surface area contributed by atoms with Gasteiger partial charge in [0.05, 0.1) is 12.3 Å². The van der Waals surface area contributed by atoms with Gasteiger partial charge >= 0.3 is 0 Å². The molecule has 17 heavy (non-hydrogen) atoms. The van der Waals surface area contributed by atoms with Crippen LogP contribution in [0.15, 0.2) is 6.33 Å². The Labute approximate surface area is 100 Å². The lowest BCUT2D eigenvalue weighted by Crippen LogP contribution is -2.37. The Morgan fingerprint density at radius 3 is 3.06 bits per heavy atom. The van der Waals surface area contributed by atoms with Crippen LogP contribution < -0.4 is 10.0 Å². The lowest BCUT2D eigenvalue weighted by atomic mass is 10.0. The summed E-state index contributed by atoms with van der Waals surface area (Å²) in [5.41, 5.74) is 0. The Kier molecular flexibility index (Phi) is 4.08. The average Bonchev–Trinajstić information content (AvgIpc) is 2.80. The van der Waals surface area contributed by atoms with Crippen molar-refractivity contribution >= 4 is 10.0 Å². The van der Waals surface area contributed by atoms with Crippen molar-refractivity contribution in [1.82, 2.24) is 25.2 Å². The van der Waals surface area contributed by atoms with Crippen LogP contribution in [0.1, 0.15) is 18.7 Å². The highest BCUT2D eigenvalue weighted by atomic mass is 32.2. The Hall–Kier alpha value is -0.990. The topological polar surface area (TPSA) is 99.8 Å². The number of aromatic amines is 1. The number of aromatic nitrogens is 3. The minimum absolute atomic E-state index is 0.169. The SMILES string of the molecule is O=S(=O)(CC1CCCNC1)NCc1ncn[nH]1. The van der Waals surface area contributed by atoms with Crippen molar-refractivity contribution in [3.63, 3.8) is 0 Å². The van der Waals surface area contributed by atoms with E-state index in [1.807, 2.05) is 0 Å². The molecule has 1 fully saturated rings. The van der Waals surface area contributed by atoms with Gasteiger partial charge in [-0.2, -0.15) is 5.10 Å². The molecular weight excluding hydrogens is 242 g/mol. The molecule has 8 heteroatoms. The van der Waals surface area contributed by atoms with E-state index in [9.17, 15) is 8.42 Å². The van der Waals surface area contributed by atoms with Crippen LogP contribution in [-0.4, -0.2) is 42.4 Å². The highest BCUT2D eigenvalue weighted by Gasteiger charge is 2.20. The van der Waals surface area contributed by atoms with Crippen molar-refractivity contribution in [3.8, 4) is 0 Å². The first-order chi connectivity index (χ1) is 8.16. The summed E-state index contributed by atoms with van der Waals surface area (Å²) in [5, 5.41) is 9.48. The van der Waals surface area contributed by atoms with Gasteiger partial charge in [-0.25, -0.2) is 18.1 Å².